The van der Waals surface area contributed by atoms with Crippen LogP contribution in [0.1, 0.15) is 6.42 Å². The summed E-state index contributed by atoms with van der Waals surface area (Å²) in [6.07, 6.45) is 0.775. The van der Waals surface area contributed by atoms with Crippen molar-refractivity contribution >= 4 is 43.3 Å². The summed E-state index contributed by atoms with van der Waals surface area (Å²) < 4.78 is 53.6. The van der Waals surface area contributed by atoms with Crippen LogP contribution in [0.15, 0.2) is 0 Å². The van der Waals surface area contributed by atoms with E-state index in [9.17, 15) is 4.39 Å². The highest BCUT2D eigenvalue weighted by Gasteiger charge is 2.48. The summed E-state index contributed by atoms with van der Waals surface area (Å²) >= 11 is 0. The van der Waals surface area contributed by atoms with E-state index in [1.807, 2.05) is 0 Å². The zero-order valence-corrected chi connectivity index (χ0v) is 25.2. The first-order valence-electron chi connectivity index (χ1n) is 10.2. The van der Waals surface area contributed by atoms with Gasteiger partial charge in [-0.15, -0.1) is 0 Å². The van der Waals surface area contributed by atoms with Gasteiger partial charge in [0.1, 0.15) is 0 Å². The molecular weight excluding hydrogens is 464 g/mol. The first-order chi connectivity index (χ1) is 13.3. The Kier molecular flexibility index (Phi) is 13.7. The molecule has 176 valence electrons. The molecule has 13 heteroatoms. The fourth-order valence-electron chi connectivity index (χ4n) is 3.46. The lowest BCUT2D eigenvalue weighted by Gasteiger charge is -2.41. The third kappa shape index (κ3) is 12.4. The average Bonchev–Trinajstić information content (AvgIpc) is 2.58. The van der Waals surface area contributed by atoms with E-state index in [0.29, 0.717) is 18.7 Å². The van der Waals surface area contributed by atoms with E-state index in [2.05, 4.69) is 45.8 Å². The fraction of sp³-hybridized carbons (Fsp3) is 1.00. The Bertz CT molecular complexity index is 447. The van der Waals surface area contributed by atoms with Crippen LogP contribution < -0.4 is 0 Å². The minimum Gasteiger partial charge on any atom is -0.440 e. The molecule has 0 spiro atoms. The van der Waals surface area contributed by atoms with Crippen molar-refractivity contribution in [3.63, 3.8) is 0 Å². The van der Waals surface area contributed by atoms with Crippen molar-refractivity contribution in [2.24, 2.45) is 0 Å². The zero-order valence-electron chi connectivity index (χ0n) is 20.1. The molecule has 0 aliphatic carbocycles. The molecule has 1 unspecified atom stereocenters. The van der Waals surface area contributed by atoms with E-state index in [-0.39, 0.29) is 0 Å². The molecule has 0 aliphatic rings. The van der Waals surface area contributed by atoms with Gasteiger partial charge in [0.15, 0.2) is 24.2 Å². The van der Waals surface area contributed by atoms with E-state index in [1.54, 1.807) is 21.3 Å². The summed E-state index contributed by atoms with van der Waals surface area (Å²) in [6.45, 7) is 14.6. The van der Waals surface area contributed by atoms with Gasteiger partial charge in [0.25, 0.3) is 0 Å². The number of hydrogen-bond acceptors (Lipinski definition) is 7. The highest BCUT2D eigenvalue weighted by atomic mass is 28.5. The van der Waals surface area contributed by atoms with Gasteiger partial charge in [0, 0.05) is 34.0 Å². The molecule has 7 nitrogen and oxygen atoms in total. The maximum Gasteiger partial charge on any atom is 0.500 e. The zero-order chi connectivity index (χ0) is 22.8. The second kappa shape index (κ2) is 13.3. The third-order valence-electron chi connectivity index (χ3n) is 4.44. The van der Waals surface area contributed by atoms with Crippen molar-refractivity contribution in [1.82, 2.24) is 0 Å². The maximum absolute atomic E-state index is 12.2. The molecule has 0 rings (SSSR count). The topological polar surface area (TPSA) is 64.6 Å². The molecule has 0 aliphatic heterocycles. The normalized spacial score (nSPS) is 15.7. The van der Waals surface area contributed by atoms with Gasteiger partial charge in [-0.3, -0.25) is 0 Å². The van der Waals surface area contributed by atoms with Crippen molar-refractivity contribution in [3.05, 3.63) is 0 Å². The largest absolute Gasteiger partial charge is 0.500 e. The van der Waals surface area contributed by atoms with Crippen LogP contribution in [0.25, 0.3) is 0 Å². The average molecular weight is 507 g/mol. The quantitative estimate of drug-likeness (QED) is 0.216. The molecule has 1 atom stereocenters. The molecule has 0 aromatic carbocycles. The van der Waals surface area contributed by atoms with E-state index < -0.39 is 50.1 Å². The lowest BCUT2D eigenvalue weighted by atomic mass is 10.5. The second-order valence-electron chi connectivity index (χ2n) is 8.58. The molecular formula is C16H43FO7Si5. The van der Waals surface area contributed by atoms with Crippen LogP contribution in [-0.2, 0) is 30.4 Å². The molecule has 0 aromatic rings. The summed E-state index contributed by atoms with van der Waals surface area (Å²) in [5.41, 5.74) is 0. The molecule has 0 radical (unpaired) electrons. The van der Waals surface area contributed by atoms with E-state index >= 15 is 0 Å². The van der Waals surface area contributed by atoms with Crippen LogP contribution >= 0.6 is 0 Å². The standard InChI is InChI=1S/C16H43FO7Si5/c1-18-29(19-2,20-3)15-14-28(10,24-27(8,9)22-25(4)5)23-26(6,7)13-11-12-21-16-17/h25H,11-16H2,1-10H3. The lowest BCUT2D eigenvalue weighted by molar-refractivity contribution is 0.0580. The molecule has 0 saturated carbocycles. The summed E-state index contributed by atoms with van der Waals surface area (Å²) in [5.74, 6) is 0. The van der Waals surface area contributed by atoms with Crippen molar-refractivity contribution in [1.29, 1.82) is 0 Å². The highest BCUT2D eigenvalue weighted by Crippen LogP contribution is 2.31. The molecule has 0 aromatic heterocycles. The number of ether oxygens (including phenoxy) is 1. The predicted molar refractivity (Wildman–Crippen MR) is 126 cm³/mol. The number of alkyl halides is 1. The van der Waals surface area contributed by atoms with Crippen molar-refractivity contribution in [2.45, 2.75) is 70.4 Å². The van der Waals surface area contributed by atoms with Crippen LogP contribution in [0.3, 0.4) is 0 Å². The number of rotatable bonds is 17. The fourth-order valence-corrected chi connectivity index (χ4v) is 24.4. The highest BCUT2D eigenvalue weighted by molar-refractivity contribution is 6.88. The van der Waals surface area contributed by atoms with Gasteiger partial charge in [-0.1, -0.05) is 0 Å². The minimum atomic E-state index is -2.73. The summed E-state index contributed by atoms with van der Waals surface area (Å²) in [4.78, 5) is 0. The van der Waals surface area contributed by atoms with Gasteiger partial charge in [-0.05, 0) is 64.3 Å². The smallest absolute Gasteiger partial charge is 0.440 e. The van der Waals surface area contributed by atoms with Gasteiger partial charge >= 0.3 is 25.9 Å². The van der Waals surface area contributed by atoms with Crippen LogP contribution in [0.2, 0.25) is 64.0 Å². The number of hydrogen-bond donors (Lipinski definition) is 0. The Labute approximate surface area is 183 Å². The monoisotopic (exact) mass is 506 g/mol. The van der Waals surface area contributed by atoms with Gasteiger partial charge in [0.2, 0.25) is 0 Å². The molecule has 0 saturated heterocycles. The second-order valence-corrected chi connectivity index (χ2v) is 25.9. The Morgan fingerprint density at radius 3 is 1.79 bits per heavy atom. The van der Waals surface area contributed by atoms with Crippen molar-refractivity contribution in [2.75, 3.05) is 34.8 Å². The Hall–Kier alpha value is 0.734. The predicted octanol–water partition coefficient (Wildman–Crippen LogP) is 4.21. The minimum absolute atomic E-state index is 0.408. The Morgan fingerprint density at radius 1 is 0.793 bits per heavy atom. The van der Waals surface area contributed by atoms with Crippen LogP contribution in [0.4, 0.5) is 4.39 Å². The van der Waals surface area contributed by atoms with E-state index in [0.717, 1.165) is 12.5 Å². The van der Waals surface area contributed by atoms with Crippen LogP contribution in [0.5, 0.6) is 0 Å². The third-order valence-corrected chi connectivity index (χ3v) is 22.2. The maximum atomic E-state index is 12.2. The summed E-state index contributed by atoms with van der Waals surface area (Å²) in [7, 11) is -6.11. The van der Waals surface area contributed by atoms with Gasteiger partial charge in [0.05, 0.1) is 0 Å². The number of halogens is 1. The lowest BCUT2D eigenvalue weighted by Crippen LogP contribution is -2.57. The molecule has 0 bridgehead atoms. The first kappa shape index (κ1) is 29.7. The van der Waals surface area contributed by atoms with E-state index in [1.165, 1.54) is 0 Å². The summed E-state index contributed by atoms with van der Waals surface area (Å²) in [5, 5.41) is 0. The Balaban J connectivity index is 5.40. The van der Waals surface area contributed by atoms with Crippen molar-refractivity contribution in [3.8, 4) is 0 Å². The van der Waals surface area contributed by atoms with Crippen molar-refractivity contribution < 1.29 is 34.8 Å². The molecule has 0 N–H and O–H groups in total. The Morgan fingerprint density at radius 2 is 1.34 bits per heavy atom. The van der Waals surface area contributed by atoms with Gasteiger partial charge < -0.3 is 30.4 Å². The van der Waals surface area contributed by atoms with Gasteiger partial charge in [-0.2, -0.15) is 0 Å². The van der Waals surface area contributed by atoms with Crippen LogP contribution in [0, 0.1) is 0 Å². The summed E-state index contributed by atoms with van der Waals surface area (Å²) in [6, 6.07) is 2.20. The molecule has 0 heterocycles. The van der Waals surface area contributed by atoms with Gasteiger partial charge in [-0.25, -0.2) is 4.39 Å². The molecule has 0 amide bonds. The SMILES string of the molecule is CO[Si](CC[Si](C)(O[Si](C)(C)CCCOCF)O[Si](C)(C)O[SiH](C)C)(OC)OC. The van der Waals surface area contributed by atoms with Crippen LogP contribution in [-0.4, -0.2) is 78.1 Å². The molecule has 29 heavy (non-hydrogen) atoms. The van der Waals surface area contributed by atoms with E-state index in [4.69, 9.17) is 30.4 Å². The molecule has 0 fully saturated rings. The first-order valence-corrected chi connectivity index (χ1v) is 23.3.